The Hall–Kier alpha value is -0.530. The summed E-state index contributed by atoms with van der Waals surface area (Å²) >= 11 is 1.75. The molecule has 1 fully saturated rings. The molecule has 0 spiro atoms. The second kappa shape index (κ2) is 8.80. The number of hydrogen-bond acceptors (Lipinski definition) is 6. The molecule has 21 heavy (non-hydrogen) atoms. The Morgan fingerprint density at radius 3 is 2.76 bits per heavy atom. The highest BCUT2D eigenvalue weighted by atomic mass is 32.1. The third-order valence-electron chi connectivity index (χ3n) is 3.88. The Morgan fingerprint density at radius 1 is 1.33 bits per heavy atom. The minimum atomic E-state index is 0.663. The summed E-state index contributed by atoms with van der Waals surface area (Å²) in [6.45, 7) is 12.7. The average molecular weight is 312 g/mol. The van der Waals surface area contributed by atoms with Crippen molar-refractivity contribution in [3.8, 4) is 0 Å². The van der Waals surface area contributed by atoms with Gasteiger partial charge in [-0.1, -0.05) is 0 Å². The van der Waals surface area contributed by atoms with Crippen molar-refractivity contribution in [2.24, 2.45) is 0 Å². The molecule has 1 aromatic heterocycles. The van der Waals surface area contributed by atoms with Crippen LogP contribution in [0.15, 0.2) is 5.38 Å². The maximum Gasteiger partial charge on any atom is 0.107 e. The Balaban J connectivity index is 1.70. The molecule has 1 aromatic rings. The van der Waals surface area contributed by atoms with E-state index < -0.39 is 0 Å². The van der Waals surface area contributed by atoms with E-state index in [0.717, 1.165) is 39.3 Å². The molecule has 0 saturated carbocycles. The minimum absolute atomic E-state index is 0.663. The first kappa shape index (κ1) is 16.8. The van der Waals surface area contributed by atoms with Gasteiger partial charge in [0.2, 0.25) is 0 Å². The fourth-order valence-corrected chi connectivity index (χ4v) is 3.29. The summed E-state index contributed by atoms with van der Waals surface area (Å²) in [6, 6.07) is 0.663. The van der Waals surface area contributed by atoms with Crippen LogP contribution < -0.4 is 5.32 Å². The number of aromatic nitrogens is 1. The quantitative estimate of drug-likeness (QED) is 0.735. The van der Waals surface area contributed by atoms with Crippen molar-refractivity contribution in [1.29, 1.82) is 0 Å². The van der Waals surface area contributed by atoms with Crippen molar-refractivity contribution in [2.75, 3.05) is 46.4 Å². The van der Waals surface area contributed by atoms with Crippen molar-refractivity contribution < 1.29 is 4.74 Å². The van der Waals surface area contributed by atoms with E-state index in [1.54, 1.807) is 18.4 Å². The highest BCUT2D eigenvalue weighted by Crippen LogP contribution is 2.14. The molecule has 5 nitrogen and oxygen atoms in total. The maximum atomic E-state index is 5.02. The second-order valence-electron chi connectivity index (χ2n) is 5.81. The first-order valence-electron chi connectivity index (χ1n) is 7.78. The zero-order valence-corrected chi connectivity index (χ0v) is 14.3. The first-order valence-corrected chi connectivity index (χ1v) is 8.66. The van der Waals surface area contributed by atoms with Gasteiger partial charge < -0.3 is 10.1 Å². The zero-order chi connectivity index (χ0) is 15.1. The van der Waals surface area contributed by atoms with Crippen molar-refractivity contribution in [2.45, 2.75) is 33.0 Å². The molecule has 2 rings (SSSR count). The molecule has 1 N–H and O–H groups in total. The lowest BCUT2D eigenvalue weighted by atomic mass is 10.2. The van der Waals surface area contributed by atoms with Crippen LogP contribution >= 0.6 is 11.3 Å². The number of piperazine rings is 1. The minimum Gasteiger partial charge on any atom is -0.383 e. The van der Waals surface area contributed by atoms with Gasteiger partial charge in [0, 0.05) is 64.3 Å². The largest absolute Gasteiger partial charge is 0.383 e. The summed E-state index contributed by atoms with van der Waals surface area (Å²) in [6.07, 6.45) is 0. The van der Waals surface area contributed by atoms with Gasteiger partial charge in [-0.15, -0.1) is 11.3 Å². The smallest absolute Gasteiger partial charge is 0.107 e. The Morgan fingerprint density at radius 2 is 2.10 bits per heavy atom. The molecule has 0 atom stereocenters. The lowest BCUT2D eigenvalue weighted by Crippen LogP contribution is -2.48. The summed E-state index contributed by atoms with van der Waals surface area (Å²) in [4.78, 5) is 9.77. The van der Waals surface area contributed by atoms with Crippen LogP contribution in [0.25, 0.3) is 0 Å². The second-order valence-corrected chi connectivity index (χ2v) is 6.75. The molecule has 0 aromatic carbocycles. The fraction of sp³-hybridized carbons (Fsp3) is 0.800. The van der Waals surface area contributed by atoms with Crippen LogP contribution in [0.3, 0.4) is 0 Å². The molecule has 6 heteroatoms. The molecule has 1 aliphatic heterocycles. The number of hydrogen-bond donors (Lipinski definition) is 1. The molecule has 0 bridgehead atoms. The van der Waals surface area contributed by atoms with E-state index in [4.69, 9.17) is 9.72 Å². The molecule has 1 aliphatic rings. The number of thiazole rings is 1. The van der Waals surface area contributed by atoms with Crippen LogP contribution in [-0.4, -0.2) is 67.3 Å². The van der Waals surface area contributed by atoms with Gasteiger partial charge in [-0.3, -0.25) is 9.80 Å². The highest BCUT2D eigenvalue weighted by Gasteiger charge is 2.19. The van der Waals surface area contributed by atoms with Crippen LogP contribution in [0, 0.1) is 0 Å². The maximum absolute atomic E-state index is 5.02. The normalized spacial score (nSPS) is 17.7. The Kier molecular flexibility index (Phi) is 7.06. The van der Waals surface area contributed by atoms with Crippen molar-refractivity contribution in [3.05, 3.63) is 16.1 Å². The number of ether oxygens (including phenoxy) is 1. The Labute approximate surface area is 132 Å². The summed E-state index contributed by atoms with van der Waals surface area (Å²) in [5, 5.41) is 6.71. The molecule has 0 aliphatic carbocycles. The van der Waals surface area contributed by atoms with Gasteiger partial charge in [0.15, 0.2) is 0 Å². The molecular formula is C15H28N4OS. The van der Waals surface area contributed by atoms with Crippen molar-refractivity contribution in [3.63, 3.8) is 0 Å². The van der Waals surface area contributed by atoms with Gasteiger partial charge in [0.25, 0.3) is 0 Å². The van der Waals surface area contributed by atoms with E-state index in [0.29, 0.717) is 6.04 Å². The topological polar surface area (TPSA) is 40.6 Å². The molecular weight excluding hydrogens is 284 g/mol. The van der Waals surface area contributed by atoms with Crippen LogP contribution in [0.1, 0.15) is 24.5 Å². The van der Waals surface area contributed by atoms with Gasteiger partial charge in [-0.2, -0.15) is 0 Å². The van der Waals surface area contributed by atoms with Gasteiger partial charge in [-0.05, 0) is 13.8 Å². The van der Waals surface area contributed by atoms with E-state index in [1.807, 2.05) is 0 Å². The van der Waals surface area contributed by atoms with Crippen LogP contribution in [0.5, 0.6) is 0 Å². The van der Waals surface area contributed by atoms with E-state index in [-0.39, 0.29) is 0 Å². The number of nitrogens with one attached hydrogen (secondary N) is 1. The van der Waals surface area contributed by atoms with Gasteiger partial charge in [0.1, 0.15) is 5.01 Å². The molecule has 0 amide bonds. The monoisotopic (exact) mass is 312 g/mol. The highest BCUT2D eigenvalue weighted by molar-refractivity contribution is 7.09. The van der Waals surface area contributed by atoms with E-state index in [1.165, 1.54) is 23.8 Å². The lowest BCUT2D eigenvalue weighted by molar-refractivity contribution is 0.103. The molecule has 0 radical (unpaired) electrons. The first-order chi connectivity index (χ1) is 10.2. The average Bonchev–Trinajstić information content (AvgIpc) is 2.92. The third-order valence-corrected chi connectivity index (χ3v) is 4.78. The van der Waals surface area contributed by atoms with Gasteiger partial charge in [0.05, 0.1) is 12.3 Å². The standard InChI is InChI=1S/C15H28N4OS/c1-13(2)19-7-5-18(6-8-19)11-14-12-21-15(17-14)10-16-4-9-20-3/h12-13,16H,4-11H2,1-3H3. The molecule has 120 valence electrons. The van der Waals surface area contributed by atoms with Gasteiger partial charge in [-0.25, -0.2) is 4.98 Å². The van der Waals surface area contributed by atoms with Crippen molar-refractivity contribution in [1.82, 2.24) is 20.1 Å². The molecule has 0 unspecified atom stereocenters. The van der Waals surface area contributed by atoms with Crippen LogP contribution in [0.2, 0.25) is 0 Å². The summed E-state index contributed by atoms with van der Waals surface area (Å²) in [5.74, 6) is 0. The summed E-state index contributed by atoms with van der Waals surface area (Å²) < 4.78 is 5.02. The fourth-order valence-electron chi connectivity index (χ4n) is 2.54. The van der Waals surface area contributed by atoms with E-state index in [2.05, 4.69) is 34.3 Å². The van der Waals surface area contributed by atoms with Crippen LogP contribution in [-0.2, 0) is 17.8 Å². The summed E-state index contributed by atoms with van der Waals surface area (Å²) in [7, 11) is 1.72. The molecule has 2 heterocycles. The Bertz CT molecular complexity index is 402. The van der Waals surface area contributed by atoms with E-state index in [9.17, 15) is 0 Å². The van der Waals surface area contributed by atoms with Gasteiger partial charge >= 0.3 is 0 Å². The van der Waals surface area contributed by atoms with E-state index >= 15 is 0 Å². The number of rotatable bonds is 8. The lowest BCUT2D eigenvalue weighted by Gasteiger charge is -2.36. The molecule has 1 saturated heterocycles. The zero-order valence-electron chi connectivity index (χ0n) is 13.5. The van der Waals surface area contributed by atoms with Crippen molar-refractivity contribution >= 4 is 11.3 Å². The summed E-state index contributed by atoms with van der Waals surface area (Å²) in [5.41, 5.74) is 1.21. The predicted molar refractivity (Wildman–Crippen MR) is 87.7 cm³/mol. The SMILES string of the molecule is COCCNCc1nc(CN2CCN(C(C)C)CC2)cs1. The van der Waals surface area contributed by atoms with Crippen LogP contribution in [0.4, 0.5) is 0 Å². The number of nitrogens with zero attached hydrogens (tertiary/aromatic N) is 3. The third kappa shape index (κ3) is 5.64. The predicted octanol–water partition coefficient (Wildman–Crippen LogP) is 1.41. The number of methoxy groups -OCH3 is 1.